The third kappa shape index (κ3) is 5.55. The van der Waals surface area contributed by atoms with Gasteiger partial charge in [-0.2, -0.15) is 24.9 Å². The number of alkyl halides is 3. The third-order valence-corrected chi connectivity index (χ3v) is 6.73. The maximum atomic E-state index is 13.0. The summed E-state index contributed by atoms with van der Waals surface area (Å²) in [6, 6.07) is 2.97. The van der Waals surface area contributed by atoms with Crippen LogP contribution in [0, 0.1) is 0 Å². The number of thioether (sulfide) groups is 1. The predicted octanol–water partition coefficient (Wildman–Crippen LogP) is 3.29. The van der Waals surface area contributed by atoms with E-state index in [1.807, 2.05) is 6.26 Å². The first-order valence-corrected chi connectivity index (χ1v) is 12.6. The van der Waals surface area contributed by atoms with E-state index in [0.717, 1.165) is 22.8 Å². The highest BCUT2D eigenvalue weighted by atomic mass is 32.2. The van der Waals surface area contributed by atoms with Crippen molar-refractivity contribution in [3.05, 3.63) is 41.7 Å². The molecule has 0 saturated carbocycles. The van der Waals surface area contributed by atoms with Gasteiger partial charge in [0.05, 0.1) is 28.9 Å². The molecule has 3 heterocycles. The van der Waals surface area contributed by atoms with Crippen molar-refractivity contribution in [1.29, 1.82) is 0 Å². The van der Waals surface area contributed by atoms with Crippen molar-refractivity contribution in [2.75, 3.05) is 31.5 Å². The molecule has 0 radical (unpaired) electrons. The fourth-order valence-corrected chi connectivity index (χ4v) is 4.01. The molecule has 0 spiro atoms. The van der Waals surface area contributed by atoms with E-state index >= 15 is 0 Å². The smallest absolute Gasteiger partial charge is 0.416 e. The van der Waals surface area contributed by atoms with Crippen molar-refractivity contribution in [3.63, 3.8) is 0 Å². The van der Waals surface area contributed by atoms with E-state index < -0.39 is 21.6 Å². The van der Waals surface area contributed by atoms with Crippen molar-refractivity contribution in [2.45, 2.75) is 18.0 Å². The molecular weight excluding hydrogens is 483 g/mol. The molecule has 0 unspecified atom stereocenters. The van der Waals surface area contributed by atoms with Gasteiger partial charge in [0.25, 0.3) is 5.90 Å². The van der Waals surface area contributed by atoms with Crippen LogP contribution in [0.15, 0.2) is 40.6 Å². The van der Waals surface area contributed by atoms with Gasteiger partial charge in [0, 0.05) is 18.1 Å². The van der Waals surface area contributed by atoms with Crippen molar-refractivity contribution in [3.8, 4) is 11.5 Å². The van der Waals surface area contributed by atoms with Crippen LogP contribution in [0.2, 0.25) is 0 Å². The highest BCUT2D eigenvalue weighted by Crippen LogP contribution is 2.30. The molecular formula is C19H20F3N5O4S2. The van der Waals surface area contributed by atoms with Crippen LogP contribution in [0.4, 0.5) is 13.2 Å². The lowest BCUT2D eigenvalue weighted by atomic mass is 10.2. The van der Waals surface area contributed by atoms with Crippen LogP contribution < -0.4 is 0 Å². The van der Waals surface area contributed by atoms with Crippen LogP contribution in [0.3, 0.4) is 0 Å². The van der Waals surface area contributed by atoms with Gasteiger partial charge in [-0.3, -0.25) is 4.98 Å². The lowest BCUT2D eigenvalue weighted by Gasteiger charge is -2.10. The molecule has 14 heteroatoms. The van der Waals surface area contributed by atoms with Gasteiger partial charge in [0.15, 0.2) is 15.5 Å². The zero-order chi connectivity index (χ0) is 24.2. The number of aromatic nitrogens is 4. The Morgan fingerprint density at radius 3 is 2.70 bits per heavy atom. The van der Waals surface area contributed by atoms with Crippen LogP contribution in [0.25, 0.3) is 17.2 Å². The largest absolute Gasteiger partial charge is 0.478 e. The second kappa shape index (κ2) is 9.95. The molecule has 3 aromatic heterocycles. The van der Waals surface area contributed by atoms with E-state index in [2.05, 4.69) is 20.2 Å². The average Bonchev–Trinajstić information content (AvgIpc) is 3.21. The second-order valence-electron chi connectivity index (χ2n) is 6.55. The van der Waals surface area contributed by atoms with Gasteiger partial charge in [-0.25, -0.2) is 17.9 Å². The summed E-state index contributed by atoms with van der Waals surface area (Å²) in [7, 11) is -2.48. The molecule has 0 aliphatic heterocycles. The lowest BCUT2D eigenvalue weighted by molar-refractivity contribution is -0.137. The van der Waals surface area contributed by atoms with Gasteiger partial charge < -0.3 is 9.57 Å². The topological polar surface area (TPSA) is 108 Å². The van der Waals surface area contributed by atoms with Crippen molar-refractivity contribution >= 4 is 33.1 Å². The van der Waals surface area contributed by atoms with Crippen LogP contribution in [0.1, 0.15) is 18.1 Å². The third-order valence-electron chi connectivity index (χ3n) is 4.41. The molecule has 0 amide bonds. The van der Waals surface area contributed by atoms with Crippen LogP contribution in [0.5, 0.6) is 0 Å². The summed E-state index contributed by atoms with van der Waals surface area (Å²) in [6.07, 6.45) is -0.250. The highest BCUT2D eigenvalue weighted by Gasteiger charge is 2.31. The fraction of sp³-hybridized carbons (Fsp3) is 0.368. The molecule has 0 aliphatic carbocycles. The fourth-order valence-electron chi connectivity index (χ4n) is 2.71. The van der Waals surface area contributed by atoms with E-state index in [1.54, 1.807) is 11.8 Å². The average molecular weight is 504 g/mol. The number of halogens is 3. The molecule has 0 fully saturated rings. The SMILES string of the molecule is CCS(=O)(=O)c1cc(/C(=N/OCCSC)OC)cnc1-c1nc2cc(C(F)(F)F)ccn2n1. The molecule has 9 nitrogen and oxygen atoms in total. The number of methoxy groups -OCH3 is 1. The molecule has 0 aliphatic rings. The van der Waals surface area contributed by atoms with E-state index in [-0.39, 0.29) is 39.3 Å². The summed E-state index contributed by atoms with van der Waals surface area (Å²) in [4.78, 5) is 13.2. The molecule has 0 N–H and O–H groups in total. The second-order valence-corrected chi connectivity index (χ2v) is 9.78. The minimum Gasteiger partial charge on any atom is -0.478 e. The van der Waals surface area contributed by atoms with Crippen molar-refractivity contribution in [2.24, 2.45) is 5.16 Å². The van der Waals surface area contributed by atoms with Gasteiger partial charge in [0.1, 0.15) is 12.3 Å². The first-order chi connectivity index (χ1) is 15.6. The molecule has 0 bridgehead atoms. The Hall–Kier alpha value is -2.87. The maximum absolute atomic E-state index is 13.0. The Balaban J connectivity index is 2.10. The van der Waals surface area contributed by atoms with E-state index in [1.165, 1.54) is 26.3 Å². The van der Waals surface area contributed by atoms with Gasteiger partial charge in [-0.1, -0.05) is 6.92 Å². The zero-order valence-electron chi connectivity index (χ0n) is 17.8. The summed E-state index contributed by atoms with van der Waals surface area (Å²) < 4.78 is 70.9. The monoisotopic (exact) mass is 503 g/mol. The van der Waals surface area contributed by atoms with Crippen molar-refractivity contribution < 1.29 is 31.2 Å². The number of rotatable bonds is 8. The minimum absolute atomic E-state index is 0.0143. The van der Waals surface area contributed by atoms with Crippen molar-refractivity contribution in [1.82, 2.24) is 19.6 Å². The highest BCUT2D eigenvalue weighted by molar-refractivity contribution is 7.98. The van der Waals surface area contributed by atoms with Gasteiger partial charge in [-0.05, 0) is 29.6 Å². The number of hydrogen-bond acceptors (Lipinski definition) is 9. The number of fused-ring (bicyclic) bond motifs is 1. The first-order valence-electron chi connectivity index (χ1n) is 9.50. The first kappa shape index (κ1) is 24.8. The molecule has 0 atom stereocenters. The number of oxime groups is 1. The van der Waals surface area contributed by atoms with Crippen LogP contribution >= 0.6 is 11.8 Å². The summed E-state index contributed by atoms with van der Waals surface area (Å²) >= 11 is 1.56. The Morgan fingerprint density at radius 1 is 1.30 bits per heavy atom. The Morgan fingerprint density at radius 2 is 2.06 bits per heavy atom. The van der Waals surface area contributed by atoms with E-state index in [9.17, 15) is 21.6 Å². The number of hydrogen-bond donors (Lipinski definition) is 0. The molecule has 0 aromatic carbocycles. The summed E-state index contributed by atoms with van der Waals surface area (Å²) in [5.74, 6) is 0.323. The maximum Gasteiger partial charge on any atom is 0.416 e. The van der Waals surface area contributed by atoms with Gasteiger partial charge in [-0.15, -0.1) is 5.10 Å². The molecule has 3 rings (SSSR count). The van der Waals surface area contributed by atoms with Gasteiger partial charge >= 0.3 is 6.18 Å². The summed E-state index contributed by atoms with van der Waals surface area (Å²) in [6.45, 7) is 1.78. The van der Waals surface area contributed by atoms with Crippen LogP contribution in [-0.4, -0.2) is 65.4 Å². The Bertz CT molecular complexity index is 1280. The summed E-state index contributed by atoms with van der Waals surface area (Å²) in [5.41, 5.74) is -0.870. The quantitative estimate of drug-likeness (QED) is 0.199. The normalized spacial score (nSPS) is 12.8. The zero-order valence-corrected chi connectivity index (χ0v) is 19.5. The molecule has 0 saturated heterocycles. The van der Waals surface area contributed by atoms with Gasteiger partial charge in [0.2, 0.25) is 5.82 Å². The minimum atomic E-state index is -4.56. The molecule has 178 valence electrons. The Kier molecular flexibility index (Phi) is 7.47. The molecule has 3 aromatic rings. The van der Waals surface area contributed by atoms with Crippen LogP contribution in [-0.2, 0) is 25.6 Å². The number of nitrogens with zero attached hydrogens (tertiary/aromatic N) is 5. The Labute approximate surface area is 191 Å². The van der Waals surface area contributed by atoms with E-state index in [4.69, 9.17) is 9.57 Å². The molecule has 33 heavy (non-hydrogen) atoms. The lowest BCUT2D eigenvalue weighted by Crippen LogP contribution is -2.12. The standard InChI is InChI=1S/C19H20F3N5O4S2/c1-4-33(28,29)14-9-12(18(30-2)26-31-7-8-32-3)11-23-16(14)17-24-15-10-13(19(20,21)22)5-6-27(15)25-17/h5-6,9-11H,4,7-8H2,1-3H3/b26-18-. The number of sulfone groups is 1. The number of ether oxygens (including phenoxy) is 1. The number of pyridine rings is 2. The van der Waals surface area contributed by atoms with E-state index in [0.29, 0.717) is 12.4 Å². The predicted molar refractivity (Wildman–Crippen MR) is 117 cm³/mol. The summed E-state index contributed by atoms with van der Waals surface area (Å²) in [5, 5.41) is 7.98.